The highest BCUT2D eigenvalue weighted by Gasteiger charge is 2.09. The van der Waals surface area contributed by atoms with E-state index in [1.165, 1.54) is 16.9 Å². The average molecular weight is 191 g/mol. The maximum absolute atomic E-state index is 10.7. The zero-order valence-electron chi connectivity index (χ0n) is 7.85. The number of aryl methyl sites for hydroxylation is 2. The van der Waals surface area contributed by atoms with E-state index < -0.39 is 5.97 Å². The molecule has 0 amide bonds. The molecule has 0 aliphatic rings. The number of carboxylic acid groups (broad SMARTS) is 1. The summed E-state index contributed by atoms with van der Waals surface area (Å²) in [5.41, 5.74) is 2.68. The van der Waals surface area contributed by atoms with Gasteiger partial charge >= 0.3 is 5.97 Å². The summed E-state index contributed by atoms with van der Waals surface area (Å²) in [5, 5.41) is 12.9. The van der Waals surface area contributed by atoms with Gasteiger partial charge in [0.1, 0.15) is 0 Å². The summed E-state index contributed by atoms with van der Waals surface area (Å²) >= 11 is 0. The second-order valence-electron chi connectivity index (χ2n) is 3.13. The number of nitrogens with zero attached hydrogens (tertiary/aromatic N) is 3. The van der Waals surface area contributed by atoms with Crippen molar-refractivity contribution in [3.8, 4) is 0 Å². The van der Waals surface area contributed by atoms with E-state index in [9.17, 15) is 4.79 Å². The van der Waals surface area contributed by atoms with Gasteiger partial charge in [-0.05, 0) is 13.8 Å². The minimum atomic E-state index is -0.995. The van der Waals surface area contributed by atoms with E-state index in [1.54, 1.807) is 0 Å². The third kappa shape index (κ3) is 1.14. The Labute approximate surface area is 80.0 Å². The Morgan fingerprint density at radius 3 is 2.86 bits per heavy atom. The van der Waals surface area contributed by atoms with E-state index in [4.69, 9.17) is 5.11 Å². The molecule has 0 aliphatic carbocycles. The smallest absolute Gasteiger partial charge is 0.338 e. The molecule has 0 saturated heterocycles. The zero-order chi connectivity index (χ0) is 10.3. The summed E-state index contributed by atoms with van der Waals surface area (Å²) < 4.78 is 1.49. The van der Waals surface area contributed by atoms with Crippen LogP contribution in [-0.2, 0) is 0 Å². The molecule has 0 saturated carbocycles. The lowest BCUT2D eigenvalue weighted by molar-refractivity contribution is 0.0695. The maximum atomic E-state index is 10.7. The quantitative estimate of drug-likeness (QED) is 0.731. The normalized spacial score (nSPS) is 10.7. The SMILES string of the molecule is Cc1nn2cc(C(=O)O)cnc2c1C. The molecular formula is C9H9N3O2. The first-order valence-corrected chi connectivity index (χ1v) is 4.14. The number of aromatic nitrogens is 3. The molecule has 0 aliphatic heterocycles. The summed E-state index contributed by atoms with van der Waals surface area (Å²) in [6, 6.07) is 0. The van der Waals surface area contributed by atoms with Crippen LogP contribution in [-0.4, -0.2) is 25.7 Å². The van der Waals surface area contributed by atoms with Crippen LogP contribution >= 0.6 is 0 Å². The van der Waals surface area contributed by atoms with Gasteiger partial charge in [0, 0.05) is 18.0 Å². The number of fused-ring (bicyclic) bond motifs is 1. The van der Waals surface area contributed by atoms with E-state index in [2.05, 4.69) is 10.1 Å². The number of aromatic carboxylic acids is 1. The summed E-state index contributed by atoms with van der Waals surface area (Å²) in [4.78, 5) is 14.7. The van der Waals surface area contributed by atoms with Crippen LogP contribution in [0.4, 0.5) is 0 Å². The van der Waals surface area contributed by atoms with Crippen LogP contribution in [0.25, 0.3) is 5.65 Å². The first-order valence-electron chi connectivity index (χ1n) is 4.14. The lowest BCUT2D eigenvalue weighted by Gasteiger charge is -1.95. The molecule has 0 unspecified atom stereocenters. The Bertz CT molecular complexity index is 516. The molecule has 0 fully saturated rings. The van der Waals surface area contributed by atoms with Crippen LogP contribution in [0.1, 0.15) is 21.6 Å². The van der Waals surface area contributed by atoms with E-state index in [1.807, 2.05) is 13.8 Å². The summed E-state index contributed by atoms with van der Waals surface area (Å²) in [5.74, 6) is -0.995. The third-order valence-corrected chi connectivity index (χ3v) is 2.19. The second kappa shape index (κ2) is 2.80. The lowest BCUT2D eigenvalue weighted by Crippen LogP contribution is -2.01. The number of hydrogen-bond donors (Lipinski definition) is 1. The van der Waals surface area contributed by atoms with Crippen molar-refractivity contribution in [2.45, 2.75) is 13.8 Å². The Balaban J connectivity index is 2.73. The molecule has 0 bridgehead atoms. The van der Waals surface area contributed by atoms with Gasteiger partial charge in [-0.15, -0.1) is 0 Å². The summed E-state index contributed by atoms with van der Waals surface area (Å²) in [7, 11) is 0. The van der Waals surface area contributed by atoms with Crippen LogP contribution in [0.15, 0.2) is 12.4 Å². The van der Waals surface area contributed by atoms with Gasteiger partial charge in [0.15, 0.2) is 5.65 Å². The van der Waals surface area contributed by atoms with E-state index in [0.29, 0.717) is 5.65 Å². The summed E-state index contributed by atoms with van der Waals surface area (Å²) in [6.45, 7) is 3.77. The van der Waals surface area contributed by atoms with Crippen molar-refractivity contribution < 1.29 is 9.90 Å². The first-order chi connectivity index (χ1) is 6.59. The molecule has 1 N–H and O–H groups in total. The standard InChI is InChI=1S/C9H9N3O2/c1-5-6(2)11-12-4-7(9(13)14)3-10-8(5)12/h3-4H,1-2H3,(H,13,14). The van der Waals surface area contributed by atoms with Gasteiger partial charge in [-0.2, -0.15) is 5.10 Å². The molecule has 2 aromatic rings. The molecule has 0 atom stereocenters. The van der Waals surface area contributed by atoms with Crippen molar-refractivity contribution in [2.24, 2.45) is 0 Å². The summed E-state index contributed by atoms with van der Waals surface area (Å²) in [6.07, 6.45) is 2.80. The molecular weight excluding hydrogens is 182 g/mol. The highest BCUT2D eigenvalue weighted by atomic mass is 16.4. The van der Waals surface area contributed by atoms with Crippen molar-refractivity contribution in [1.29, 1.82) is 0 Å². The molecule has 5 heteroatoms. The molecule has 2 aromatic heterocycles. The van der Waals surface area contributed by atoms with Crippen molar-refractivity contribution in [1.82, 2.24) is 14.6 Å². The van der Waals surface area contributed by atoms with Gasteiger partial charge in [0.05, 0.1) is 11.3 Å². The average Bonchev–Trinajstić information content (AvgIpc) is 2.42. The Kier molecular flexibility index (Phi) is 1.73. The van der Waals surface area contributed by atoms with Crippen molar-refractivity contribution in [3.05, 3.63) is 29.2 Å². The van der Waals surface area contributed by atoms with Gasteiger partial charge in [0.25, 0.3) is 0 Å². The van der Waals surface area contributed by atoms with E-state index in [0.717, 1.165) is 11.3 Å². The lowest BCUT2D eigenvalue weighted by atomic mass is 10.3. The van der Waals surface area contributed by atoms with Gasteiger partial charge in [-0.3, -0.25) is 0 Å². The van der Waals surface area contributed by atoms with Gasteiger partial charge < -0.3 is 5.11 Å². The second-order valence-corrected chi connectivity index (χ2v) is 3.13. The monoisotopic (exact) mass is 191 g/mol. The van der Waals surface area contributed by atoms with Crippen LogP contribution in [0.5, 0.6) is 0 Å². The highest BCUT2D eigenvalue weighted by molar-refractivity contribution is 5.87. The van der Waals surface area contributed by atoms with Crippen molar-refractivity contribution in [3.63, 3.8) is 0 Å². The van der Waals surface area contributed by atoms with Gasteiger partial charge in [0.2, 0.25) is 0 Å². The molecule has 0 radical (unpaired) electrons. The molecule has 2 heterocycles. The number of hydrogen-bond acceptors (Lipinski definition) is 3. The van der Waals surface area contributed by atoms with Gasteiger partial charge in [-0.1, -0.05) is 0 Å². The molecule has 14 heavy (non-hydrogen) atoms. The van der Waals surface area contributed by atoms with Crippen LogP contribution in [0.3, 0.4) is 0 Å². The molecule has 0 aromatic carbocycles. The fraction of sp³-hybridized carbons (Fsp3) is 0.222. The number of carbonyl (C=O) groups is 1. The van der Waals surface area contributed by atoms with E-state index in [-0.39, 0.29) is 5.56 Å². The minimum absolute atomic E-state index is 0.139. The van der Waals surface area contributed by atoms with Gasteiger partial charge in [-0.25, -0.2) is 14.3 Å². The van der Waals surface area contributed by atoms with Crippen LogP contribution in [0.2, 0.25) is 0 Å². The maximum Gasteiger partial charge on any atom is 0.338 e. The Morgan fingerprint density at radius 1 is 1.50 bits per heavy atom. The molecule has 0 spiro atoms. The minimum Gasteiger partial charge on any atom is -0.478 e. The van der Waals surface area contributed by atoms with Crippen LogP contribution < -0.4 is 0 Å². The van der Waals surface area contributed by atoms with E-state index >= 15 is 0 Å². The predicted molar refractivity (Wildman–Crippen MR) is 49.4 cm³/mol. The first kappa shape index (κ1) is 8.68. The number of carboxylic acids is 1. The third-order valence-electron chi connectivity index (χ3n) is 2.19. The highest BCUT2D eigenvalue weighted by Crippen LogP contribution is 2.11. The molecule has 2 rings (SSSR count). The predicted octanol–water partition coefficient (Wildman–Crippen LogP) is 1.04. The Morgan fingerprint density at radius 2 is 2.21 bits per heavy atom. The topological polar surface area (TPSA) is 67.5 Å². The van der Waals surface area contributed by atoms with Crippen LogP contribution in [0, 0.1) is 13.8 Å². The largest absolute Gasteiger partial charge is 0.478 e. The van der Waals surface area contributed by atoms with Crippen molar-refractivity contribution >= 4 is 11.6 Å². The molecule has 5 nitrogen and oxygen atoms in total. The zero-order valence-corrected chi connectivity index (χ0v) is 7.85. The number of rotatable bonds is 1. The molecule has 72 valence electrons. The van der Waals surface area contributed by atoms with Crippen molar-refractivity contribution in [2.75, 3.05) is 0 Å². The fourth-order valence-electron chi connectivity index (χ4n) is 1.27. The fourth-order valence-corrected chi connectivity index (χ4v) is 1.27. The Hall–Kier alpha value is -1.91.